The van der Waals surface area contributed by atoms with Crippen molar-refractivity contribution in [2.24, 2.45) is 0 Å². The van der Waals surface area contributed by atoms with Crippen molar-refractivity contribution in [3.8, 4) is 0 Å². The summed E-state index contributed by atoms with van der Waals surface area (Å²) in [4.78, 5) is 27.7. The summed E-state index contributed by atoms with van der Waals surface area (Å²) in [7, 11) is 1.76. The average molecular weight is 346 g/mol. The number of rotatable bonds is 6. The molecule has 0 radical (unpaired) electrons. The van der Waals surface area contributed by atoms with Crippen molar-refractivity contribution in [1.82, 2.24) is 9.80 Å². The van der Waals surface area contributed by atoms with Crippen LogP contribution < -0.4 is 0 Å². The van der Waals surface area contributed by atoms with Crippen molar-refractivity contribution in [2.75, 3.05) is 39.8 Å². The molecular weight excluding hydrogens is 320 g/mol. The molecule has 6 nitrogen and oxygen atoms in total. The molecule has 1 N–H and O–H groups in total. The van der Waals surface area contributed by atoms with Gasteiger partial charge >= 0.3 is 5.97 Å². The molecule has 1 aliphatic carbocycles. The molecule has 1 amide bonds. The van der Waals surface area contributed by atoms with Crippen LogP contribution in [0.3, 0.4) is 0 Å². The number of carboxylic acids is 1. The maximum Gasteiger partial charge on any atom is 0.317 e. The smallest absolute Gasteiger partial charge is 0.317 e. The van der Waals surface area contributed by atoms with Crippen LogP contribution in [-0.2, 0) is 19.7 Å². The molecule has 25 heavy (non-hydrogen) atoms. The van der Waals surface area contributed by atoms with Gasteiger partial charge in [0, 0.05) is 19.6 Å². The standard InChI is InChI=1S/C19H26N2O4/c1-20(14-17(22)23)12-16-13-21(10-11-25-16)18(24)19(8-5-9-19)15-6-3-2-4-7-15/h2-4,6-7,16H,5,8-14H2,1H3,(H,22,23). The first-order valence-electron chi connectivity index (χ1n) is 8.88. The van der Waals surface area contributed by atoms with Gasteiger partial charge in [-0.25, -0.2) is 0 Å². The Kier molecular flexibility index (Phi) is 5.39. The fourth-order valence-corrected chi connectivity index (χ4v) is 3.87. The lowest BCUT2D eigenvalue weighted by Crippen LogP contribution is -2.57. The third kappa shape index (κ3) is 3.85. The van der Waals surface area contributed by atoms with Crippen molar-refractivity contribution in [3.05, 3.63) is 35.9 Å². The highest BCUT2D eigenvalue weighted by Crippen LogP contribution is 2.45. The van der Waals surface area contributed by atoms with E-state index < -0.39 is 5.97 Å². The minimum absolute atomic E-state index is 0.0260. The largest absolute Gasteiger partial charge is 0.480 e. The van der Waals surface area contributed by atoms with Gasteiger partial charge in [-0.1, -0.05) is 36.8 Å². The van der Waals surface area contributed by atoms with E-state index in [4.69, 9.17) is 9.84 Å². The minimum Gasteiger partial charge on any atom is -0.480 e. The van der Waals surface area contributed by atoms with Crippen LogP contribution in [0.15, 0.2) is 30.3 Å². The second kappa shape index (κ2) is 7.54. The Morgan fingerprint density at radius 3 is 2.64 bits per heavy atom. The fourth-order valence-electron chi connectivity index (χ4n) is 3.87. The van der Waals surface area contributed by atoms with Crippen LogP contribution in [0.2, 0.25) is 0 Å². The van der Waals surface area contributed by atoms with Crippen LogP contribution in [0.1, 0.15) is 24.8 Å². The second-order valence-corrected chi connectivity index (χ2v) is 7.14. The number of ether oxygens (including phenoxy) is 1. The Morgan fingerprint density at radius 2 is 2.04 bits per heavy atom. The fraction of sp³-hybridized carbons (Fsp3) is 0.579. The third-order valence-corrected chi connectivity index (χ3v) is 5.29. The van der Waals surface area contributed by atoms with Gasteiger partial charge in [0.25, 0.3) is 0 Å². The lowest BCUT2D eigenvalue weighted by molar-refractivity contribution is -0.150. The van der Waals surface area contributed by atoms with Crippen LogP contribution in [0.5, 0.6) is 0 Å². The zero-order valence-corrected chi connectivity index (χ0v) is 14.7. The molecule has 1 saturated carbocycles. The molecule has 1 heterocycles. The van der Waals surface area contributed by atoms with Crippen LogP contribution in [0, 0.1) is 0 Å². The minimum atomic E-state index is -0.858. The van der Waals surface area contributed by atoms with Crippen LogP contribution >= 0.6 is 0 Å². The number of nitrogens with zero attached hydrogens (tertiary/aromatic N) is 2. The van der Waals surface area contributed by atoms with Crippen LogP contribution in [0.4, 0.5) is 0 Å². The first kappa shape index (κ1) is 17.9. The maximum absolute atomic E-state index is 13.3. The number of benzene rings is 1. The van der Waals surface area contributed by atoms with Crippen LogP contribution in [0.25, 0.3) is 0 Å². The van der Waals surface area contributed by atoms with E-state index in [-0.39, 0.29) is 24.0 Å². The number of hydrogen-bond acceptors (Lipinski definition) is 4. The average Bonchev–Trinajstić information content (AvgIpc) is 2.54. The third-order valence-electron chi connectivity index (χ3n) is 5.29. The molecule has 0 bridgehead atoms. The molecular formula is C19H26N2O4. The summed E-state index contributed by atoms with van der Waals surface area (Å²) in [6, 6.07) is 10.1. The molecule has 1 aromatic rings. The Labute approximate surface area is 148 Å². The molecule has 6 heteroatoms. The molecule has 1 atom stereocenters. The molecule has 1 aromatic carbocycles. The monoisotopic (exact) mass is 346 g/mol. The number of carbonyl (C=O) groups is 2. The molecule has 136 valence electrons. The highest BCUT2D eigenvalue weighted by Gasteiger charge is 2.48. The lowest BCUT2D eigenvalue weighted by Gasteiger charge is -2.46. The van der Waals surface area contributed by atoms with E-state index in [1.807, 2.05) is 23.1 Å². The molecule has 2 aliphatic rings. The Hall–Kier alpha value is -1.92. The number of carboxylic acid groups (broad SMARTS) is 1. The number of hydrogen-bond donors (Lipinski definition) is 1. The summed E-state index contributed by atoms with van der Waals surface area (Å²) < 4.78 is 5.75. The summed E-state index contributed by atoms with van der Waals surface area (Å²) in [5.74, 6) is -0.664. The summed E-state index contributed by atoms with van der Waals surface area (Å²) in [6.07, 6.45) is 2.73. The summed E-state index contributed by atoms with van der Waals surface area (Å²) in [5, 5.41) is 8.88. The van der Waals surface area contributed by atoms with Gasteiger partial charge < -0.3 is 14.7 Å². The number of morpholine rings is 1. The van der Waals surface area contributed by atoms with Gasteiger partial charge in [-0.2, -0.15) is 0 Å². The zero-order valence-electron chi connectivity index (χ0n) is 14.7. The summed E-state index contributed by atoms with van der Waals surface area (Å²) >= 11 is 0. The van der Waals surface area contributed by atoms with Gasteiger partial charge in [-0.05, 0) is 25.5 Å². The van der Waals surface area contributed by atoms with E-state index in [2.05, 4.69) is 12.1 Å². The van der Waals surface area contributed by atoms with E-state index in [0.29, 0.717) is 26.2 Å². The molecule has 2 fully saturated rings. The maximum atomic E-state index is 13.3. The van der Waals surface area contributed by atoms with Crippen molar-refractivity contribution in [3.63, 3.8) is 0 Å². The highest BCUT2D eigenvalue weighted by atomic mass is 16.5. The quantitative estimate of drug-likeness (QED) is 0.842. The van der Waals surface area contributed by atoms with E-state index in [1.165, 1.54) is 0 Å². The predicted octanol–water partition coefficient (Wildman–Crippen LogP) is 1.35. The first-order chi connectivity index (χ1) is 12.0. The Balaban J connectivity index is 1.66. The van der Waals surface area contributed by atoms with Gasteiger partial charge in [-0.3, -0.25) is 14.5 Å². The number of aliphatic carboxylic acids is 1. The highest BCUT2D eigenvalue weighted by molar-refractivity contribution is 5.89. The SMILES string of the molecule is CN(CC(=O)O)CC1CN(C(=O)C2(c3ccccc3)CCC2)CCO1. The molecule has 1 unspecified atom stereocenters. The molecule has 0 spiro atoms. The Bertz CT molecular complexity index is 615. The van der Waals surface area contributed by atoms with E-state index in [0.717, 1.165) is 24.8 Å². The molecule has 1 aliphatic heterocycles. The second-order valence-electron chi connectivity index (χ2n) is 7.14. The zero-order chi connectivity index (χ0) is 17.9. The molecule has 1 saturated heterocycles. The number of carbonyl (C=O) groups excluding carboxylic acids is 1. The van der Waals surface area contributed by atoms with E-state index in [9.17, 15) is 9.59 Å². The van der Waals surface area contributed by atoms with Crippen molar-refractivity contribution in [1.29, 1.82) is 0 Å². The summed E-state index contributed by atoms with van der Waals surface area (Å²) in [6.45, 7) is 2.11. The van der Waals surface area contributed by atoms with Crippen molar-refractivity contribution < 1.29 is 19.4 Å². The topological polar surface area (TPSA) is 70.1 Å². The molecule has 3 rings (SSSR count). The van der Waals surface area contributed by atoms with Crippen LogP contribution in [-0.4, -0.2) is 72.7 Å². The van der Waals surface area contributed by atoms with Gasteiger partial charge in [0.2, 0.25) is 5.91 Å². The Morgan fingerprint density at radius 1 is 1.32 bits per heavy atom. The van der Waals surface area contributed by atoms with Crippen molar-refractivity contribution >= 4 is 11.9 Å². The molecule has 0 aromatic heterocycles. The van der Waals surface area contributed by atoms with Gasteiger partial charge in [0.1, 0.15) is 0 Å². The van der Waals surface area contributed by atoms with Gasteiger partial charge in [0.05, 0.1) is 24.7 Å². The van der Waals surface area contributed by atoms with Gasteiger partial charge in [0.15, 0.2) is 0 Å². The predicted molar refractivity (Wildman–Crippen MR) is 93.4 cm³/mol. The van der Waals surface area contributed by atoms with E-state index in [1.54, 1.807) is 11.9 Å². The van der Waals surface area contributed by atoms with Gasteiger partial charge in [-0.15, -0.1) is 0 Å². The van der Waals surface area contributed by atoms with Crippen molar-refractivity contribution in [2.45, 2.75) is 30.8 Å². The lowest BCUT2D eigenvalue weighted by atomic mass is 9.63. The first-order valence-corrected chi connectivity index (χ1v) is 8.88. The normalized spacial score (nSPS) is 22.5. The summed E-state index contributed by atoms with van der Waals surface area (Å²) in [5.41, 5.74) is 0.730. The number of amides is 1. The van der Waals surface area contributed by atoms with E-state index >= 15 is 0 Å². The number of likely N-dealkylation sites (N-methyl/N-ethyl adjacent to an activating group) is 1.